The molecule has 1 N–H and O–H groups in total. The lowest BCUT2D eigenvalue weighted by atomic mass is 10.2. The molecule has 1 fully saturated rings. The van der Waals surface area contributed by atoms with Gasteiger partial charge in [-0.05, 0) is 23.9 Å². The second-order valence-electron chi connectivity index (χ2n) is 2.61. The van der Waals surface area contributed by atoms with Gasteiger partial charge in [0.2, 0.25) is 0 Å². The minimum atomic E-state index is -0.670. The molecule has 3 atom stereocenters. The Balaban J connectivity index is 2.76. The molecule has 0 aromatic carbocycles. The van der Waals surface area contributed by atoms with Crippen LogP contribution in [-0.4, -0.2) is 23.3 Å². The van der Waals surface area contributed by atoms with E-state index in [4.69, 9.17) is 11.1 Å². The van der Waals surface area contributed by atoms with Crippen molar-refractivity contribution < 1.29 is 5.11 Å². The van der Waals surface area contributed by atoms with Crippen molar-refractivity contribution in [2.45, 2.75) is 31.0 Å². The normalized spacial score (nSPS) is 33.6. The van der Waals surface area contributed by atoms with Crippen LogP contribution < -0.4 is 0 Å². The standard InChI is InChI=1S/C5H8N6O/c6-10-8-3-1-2-4(12)5(3)9-11-7/h3-5,12H,1-2H2. The van der Waals surface area contributed by atoms with Crippen LogP contribution in [0.15, 0.2) is 10.2 Å². The van der Waals surface area contributed by atoms with Gasteiger partial charge in [-0.1, -0.05) is 10.2 Å². The van der Waals surface area contributed by atoms with E-state index in [0.29, 0.717) is 12.8 Å². The van der Waals surface area contributed by atoms with E-state index >= 15 is 0 Å². The first-order chi connectivity index (χ1) is 5.79. The van der Waals surface area contributed by atoms with E-state index in [0.717, 1.165) is 0 Å². The molecule has 7 nitrogen and oxygen atoms in total. The molecule has 64 valence electrons. The number of nitrogens with zero attached hydrogens (tertiary/aromatic N) is 6. The third kappa shape index (κ3) is 1.60. The summed E-state index contributed by atoms with van der Waals surface area (Å²) < 4.78 is 0. The highest BCUT2D eigenvalue weighted by molar-refractivity contribution is 4.95. The van der Waals surface area contributed by atoms with E-state index in [1.54, 1.807) is 0 Å². The maximum absolute atomic E-state index is 9.27. The Morgan fingerprint density at radius 2 is 1.83 bits per heavy atom. The van der Waals surface area contributed by atoms with E-state index in [9.17, 15) is 5.11 Å². The van der Waals surface area contributed by atoms with E-state index in [-0.39, 0.29) is 6.04 Å². The molecule has 0 aromatic heterocycles. The van der Waals surface area contributed by atoms with E-state index in [1.165, 1.54) is 0 Å². The quantitative estimate of drug-likeness (QED) is 0.375. The molecule has 0 aromatic rings. The summed E-state index contributed by atoms with van der Waals surface area (Å²) >= 11 is 0. The molecule has 3 unspecified atom stereocenters. The number of azide groups is 2. The highest BCUT2D eigenvalue weighted by Gasteiger charge is 2.33. The van der Waals surface area contributed by atoms with Crippen molar-refractivity contribution in [2.75, 3.05) is 0 Å². The van der Waals surface area contributed by atoms with Crippen LogP contribution >= 0.6 is 0 Å². The SMILES string of the molecule is [N-]=[N+]=NC1CCC(O)C1N=[N+]=[N-]. The lowest BCUT2D eigenvalue weighted by molar-refractivity contribution is 0.162. The Morgan fingerprint density at radius 1 is 1.17 bits per heavy atom. The van der Waals surface area contributed by atoms with Crippen LogP contribution in [0.2, 0.25) is 0 Å². The Labute approximate surface area is 68.3 Å². The fraction of sp³-hybridized carbons (Fsp3) is 1.00. The number of hydrogen-bond acceptors (Lipinski definition) is 3. The summed E-state index contributed by atoms with van der Waals surface area (Å²) in [7, 11) is 0. The molecule has 0 spiro atoms. The number of rotatable bonds is 2. The van der Waals surface area contributed by atoms with Crippen molar-refractivity contribution in [2.24, 2.45) is 10.2 Å². The average Bonchev–Trinajstić information content (AvgIpc) is 2.37. The highest BCUT2D eigenvalue weighted by atomic mass is 16.3. The van der Waals surface area contributed by atoms with E-state index < -0.39 is 12.1 Å². The van der Waals surface area contributed by atoms with Crippen LogP contribution in [0.5, 0.6) is 0 Å². The third-order valence-corrected chi connectivity index (χ3v) is 1.93. The smallest absolute Gasteiger partial charge is 0.0717 e. The first kappa shape index (κ1) is 8.67. The monoisotopic (exact) mass is 168 g/mol. The molecule has 1 saturated carbocycles. The predicted molar refractivity (Wildman–Crippen MR) is 41.1 cm³/mol. The molecule has 1 rings (SSSR count). The minimum absolute atomic E-state index is 0.388. The maximum Gasteiger partial charge on any atom is 0.0717 e. The number of aliphatic hydroxyl groups excluding tert-OH is 1. The molecule has 12 heavy (non-hydrogen) atoms. The summed E-state index contributed by atoms with van der Waals surface area (Å²) in [5.74, 6) is 0. The zero-order valence-corrected chi connectivity index (χ0v) is 6.28. The molecule has 7 heteroatoms. The van der Waals surface area contributed by atoms with Crippen molar-refractivity contribution in [3.05, 3.63) is 20.9 Å². The summed E-state index contributed by atoms with van der Waals surface area (Å²) in [6.07, 6.45) is 0.429. The molecule has 0 radical (unpaired) electrons. The molecule has 0 amide bonds. The second-order valence-corrected chi connectivity index (χ2v) is 2.61. The maximum atomic E-state index is 9.27. The third-order valence-electron chi connectivity index (χ3n) is 1.93. The van der Waals surface area contributed by atoms with Crippen molar-refractivity contribution in [1.82, 2.24) is 0 Å². The highest BCUT2D eigenvalue weighted by Crippen LogP contribution is 2.25. The van der Waals surface area contributed by atoms with Gasteiger partial charge >= 0.3 is 0 Å². The second kappa shape index (κ2) is 3.82. The summed E-state index contributed by atoms with van der Waals surface area (Å²) in [5, 5.41) is 16.1. The first-order valence-corrected chi connectivity index (χ1v) is 3.56. The summed E-state index contributed by atoms with van der Waals surface area (Å²) in [6.45, 7) is 0. The van der Waals surface area contributed by atoms with Gasteiger partial charge < -0.3 is 5.11 Å². The van der Waals surface area contributed by atoms with Gasteiger partial charge in [0, 0.05) is 15.9 Å². The zero-order chi connectivity index (χ0) is 8.97. The summed E-state index contributed by atoms with van der Waals surface area (Å²) in [4.78, 5) is 5.20. The fourth-order valence-corrected chi connectivity index (χ4v) is 1.35. The Hall–Kier alpha value is -1.42. The Morgan fingerprint density at radius 3 is 2.42 bits per heavy atom. The zero-order valence-electron chi connectivity index (χ0n) is 6.28. The van der Waals surface area contributed by atoms with Gasteiger partial charge in [-0.15, -0.1) is 0 Å². The lowest BCUT2D eigenvalue weighted by Crippen LogP contribution is -2.24. The van der Waals surface area contributed by atoms with Crippen molar-refractivity contribution in [3.8, 4) is 0 Å². The van der Waals surface area contributed by atoms with E-state index in [1.807, 2.05) is 0 Å². The lowest BCUT2D eigenvalue weighted by Gasteiger charge is -2.10. The van der Waals surface area contributed by atoms with Gasteiger partial charge in [0.25, 0.3) is 0 Å². The number of aliphatic hydroxyl groups is 1. The molecule has 0 bridgehead atoms. The topological polar surface area (TPSA) is 118 Å². The van der Waals surface area contributed by atoms with Gasteiger partial charge in [-0.2, -0.15) is 0 Å². The molecule has 0 heterocycles. The van der Waals surface area contributed by atoms with Gasteiger partial charge in [-0.25, -0.2) is 0 Å². The predicted octanol–water partition coefficient (Wildman–Crippen LogP) is 1.50. The average molecular weight is 168 g/mol. The molecule has 0 saturated heterocycles. The van der Waals surface area contributed by atoms with Crippen LogP contribution in [0.25, 0.3) is 20.9 Å². The molecule has 0 aliphatic heterocycles. The van der Waals surface area contributed by atoms with Crippen molar-refractivity contribution in [1.29, 1.82) is 0 Å². The van der Waals surface area contributed by atoms with Crippen molar-refractivity contribution >= 4 is 0 Å². The Kier molecular flexibility index (Phi) is 2.76. The van der Waals surface area contributed by atoms with Gasteiger partial charge in [0.05, 0.1) is 12.1 Å². The van der Waals surface area contributed by atoms with Crippen LogP contribution in [0.4, 0.5) is 0 Å². The largest absolute Gasteiger partial charge is 0.393 e. The molecule has 1 aliphatic rings. The summed E-state index contributed by atoms with van der Waals surface area (Å²) in [5.41, 5.74) is 16.3. The van der Waals surface area contributed by atoms with Gasteiger partial charge in [-0.3, -0.25) is 0 Å². The summed E-state index contributed by atoms with van der Waals surface area (Å²) in [6, 6.07) is -0.980. The van der Waals surface area contributed by atoms with Crippen LogP contribution in [0.3, 0.4) is 0 Å². The minimum Gasteiger partial charge on any atom is -0.393 e. The Bertz CT molecular complexity index is 253. The van der Waals surface area contributed by atoms with Crippen molar-refractivity contribution in [3.63, 3.8) is 0 Å². The van der Waals surface area contributed by atoms with Crippen LogP contribution in [0, 0.1) is 0 Å². The first-order valence-electron chi connectivity index (χ1n) is 3.56. The molecular weight excluding hydrogens is 160 g/mol. The molecular formula is C5H8N6O. The van der Waals surface area contributed by atoms with Crippen LogP contribution in [0.1, 0.15) is 12.8 Å². The van der Waals surface area contributed by atoms with Crippen LogP contribution in [-0.2, 0) is 0 Å². The molecule has 1 aliphatic carbocycles. The van der Waals surface area contributed by atoms with E-state index in [2.05, 4.69) is 20.1 Å². The number of hydrogen-bond donors (Lipinski definition) is 1. The van der Waals surface area contributed by atoms with Gasteiger partial charge in [0.15, 0.2) is 0 Å². The fourth-order valence-electron chi connectivity index (χ4n) is 1.35. The van der Waals surface area contributed by atoms with Gasteiger partial charge in [0.1, 0.15) is 0 Å².